The number of hydrogen-bond donors (Lipinski definition) is 2. The summed E-state index contributed by atoms with van der Waals surface area (Å²) in [5, 5.41) is 4.14. The Morgan fingerprint density at radius 1 is 1.21 bits per heavy atom. The van der Waals surface area contributed by atoms with Gasteiger partial charge in [-0.3, -0.25) is 0 Å². The minimum Gasteiger partial charge on any atom is -0.495 e. The Hall–Kier alpha value is -2.11. The SMILES string of the molecule is COc1ccc(NC(N)=NCC(C)Oc2ccc(Cl)cc2)cc1Cl. The molecule has 0 aliphatic carbocycles. The van der Waals surface area contributed by atoms with Crippen LogP contribution in [0.2, 0.25) is 10.0 Å². The third-order valence-corrected chi connectivity index (χ3v) is 3.64. The van der Waals surface area contributed by atoms with E-state index in [1.165, 1.54) is 0 Å². The number of nitrogens with two attached hydrogens (primary N) is 1. The number of nitrogens with one attached hydrogen (secondary N) is 1. The highest BCUT2D eigenvalue weighted by Crippen LogP contribution is 2.27. The Balaban J connectivity index is 1.88. The zero-order chi connectivity index (χ0) is 17.5. The summed E-state index contributed by atoms with van der Waals surface area (Å²) < 4.78 is 10.8. The third-order valence-electron chi connectivity index (χ3n) is 3.09. The van der Waals surface area contributed by atoms with Crippen molar-refractivity contribution in [2.75, 3.05) is 19.0 Å². The van der Waals surface area contributed by atoms with E-state index in [0.29, 0.717) is 22.3 Å². The molecule has 0 aromatic heterocycles. The van der Waals surface area contributed by atoms with Crippen LogP contribution >= 0.6 is 23.2 Å². The molecule has 0 aliphatic heterocycles. The molecule has 0 fully saturated rings. The molecule has 0 bridgehead atoms. The molecule has 3 N–H and O–H groups in total. The van der Waals surface area contributed by atoms with Gasteiger partial charge in [-0.1, -0.05) is 23.2 Å². The van der Waals surface area contributed by atoms with Crippen molar-refractivity contribution in [3.63, 3.8) is 0 Å². The number of ether oxygens (including phenoxy) is 2. The highest BCUT2D eigenvalue weighted by molar-refractivity contribution is 6.32. The maximum absolute atomic E-state index is 6.07. The van der Waals surface area contributed by atoms with Gasteiger partial charge in [0, 0.05) is 10.7 Å². The monoisotopic (exact) mass is 367 g/mol. The maximum atomic E-state index is 6.07. The first-order valence-corrected chi connectivity index (χ1v) is 8.06. The second-order valence-corrected chi connectivity index (χ2v) is 5.93. The number of rotatable bonds is 6. The van der Waals surface area contributed by atoms with Gasteiger partial charge in [0.15, 0.2) is 5.96 Å². The highest BCUT2D eigenvalue weighted by atomic mass is 35.5. The van der Waals surface area contributed by atoms with Gasteiger partial charge in [-0.2, -0.15) is 0 Å². The Labute approximate surface area is 151 Å². The van der Waals surface area contributed by atoms with Crippen molar-refractivity contribution < 1.29 is 9.47 Å². The number of benzene rings is 2. The van der Waals surface area contributed by atoms with Gasteiger partial charge in [-0.15, -0.1) is 0 Å². The molecule has 0 amide bonds. The van der Waals surface area contributed by atoms with Crippen LogP contribution < -0.4 is 20.5 Å². The van der Waals surface area contributed by atoms with Crippen LogP contribution in [0.3, 0.4) is 0 Å². The fourth-order valence-corrected chi connectivity index (χ4v) is 2.32. The molecular weight excluding hydrogens is 349 g/mol. The van der Waals surface area contributed by atoms with Gasteiger partial charge in [-0.05, 0) is 49.4 Å². The largest absolute Gasteiger partial charge is 0.495 e. The standard InChI is InChI=1S/C17H19Cl2N3O2/c1-11(24-14-6-3-12(18)4-7-14)10-21-17(20)22-13-5-8-16(23-2)15(19)9-13/h3-9,11H,10H2,1-2H3,(H3,20,21,22). The molecule has 1 unspecified atom stereocenters. The quantitative estimate of drug-likeness (QED) is 0.592. The topological polar surface area (TPSA) is 68.9 Å². The average Bonchev–Trinajstić information content (AvgIpc) is 2.55. The lowest BCUT2D eigenvalue weighted by atomic mass is 10.3. The van der Waals surface area contributed by atoms with Gasteiger partial charge in [0.2, 0.25) is 0 Å². The lowest BCUT2D eigenvalue weighted by Crippen LogP contribution is -2.25. The molecule has 0 spiro atoms. The maximum Gasteiger partial charge on any atom is 0.193 e. The van der Waals surface area contributed by atoms with Crippen molar-refractivity contribution in [2.45, 2.75) is 13.0 Å². The van der Waals surface area contributed by atoms with Gasteiger partial charge >= 0.3 is 0 Å². The number of anilines is 1. The minimum absolute atomic E-state index is 0.133. The Morgan fingerprint density at radius 3 is 2.54 bits per heavy atom. The van der Waals surface area contributed by atoms with E-state index in [0.717, 1.165) is 11.4 Å². The van der Waals surface area contributed by atoms with Gasteiger partial charge in [-0.25, -0.2) is 4.99 Å². The van der Waals surface area contributed by atoms with Crippen LogP contribution in [-0.4, -0.2) is 25.7 Å². The number of methoxy groups -OCH3 is 1. The minimum atomic E-state index is -0.133. The Bertz CT molecular complexity index is 705. The van der Waals surface area contributed by atoms with Gasteiger partial charge in [0.1, 0.15) is 17.6 Å². The molecule has 2 aromatic carbocycles. The summed E-state index contributed by atoms with van der Waals surface area (Å²) in [6.45, 7) is 2.32. The first kappa shape index (κ1) is 18.2. The van der Waals surface area contributed by atoms with Crippen LogP contribution in [0.1, 0.15) is 6.92 Å². The van der Waals surface area contributed by atoms with Crippen LogP contribution in [0.15, 0.2) is 47.5 Å². The Kier molecular flexibility index (Phi) is 6.58. The van der Waals surface area contributed by atoms with Crippen molar-refractivity contribution in [3.05, 3.63) is 52.5 Å². The first-order valence-electron chi connectivity index (χ1n) is 7.30. The van der Waals surface area contributed by atoms with E-state index in [2.05, 4.69) is 10.3 Å². The van der Waals surface area contributed by atoms with Crippen LogP contribution in [0.5, 0.6) is 11.5 Å². The fraction of sp³-hybridized carbons (Fsp3) is 0.235. The average molecular weight is 368 g/mol. The van der Waals surface area contributed by atoms with E-state index in [1.807, 2.05) is 19.1 Å². The number of aliphatic imine (C=N–C) groups is 1. The van der Waals surface area contributed by atoms with E-state index in [-0.39, 0.29) is 12.1 Å². The van der Waals surface area contributed by atoms with Crippen LogP contribution in [0.25, 0.3) is 0 Å². The molecule has 2 aromatic rings. The van der Waals surface area contributed by atoms with Crippen molar-refractivity contribution in [2.24, 2.45) is 10.7 Å². The molecule has 0 radical (unpaired) electrons. The summed E-state index contributed by atoms with van der Waals surface area (Å²) in [6, 6.07) is 12.4. The zero-order valence-corrected chi connectivity index (χ0v) is 14.9. The summed E-state index contributed by atoms with van der Waals surface area (Å²) in [7, 11) is 1.56. The lowest BCUT2D eigenvalue weighted by Gasteiger charge is -2.13. The molecule has 7 heteroatoms. The van der Waals surface area contributed by atoms with Crippen LogP contribution in [0, 0.1) is 0 Å². The highest BCUT2D eigenvalue weighted by Gasteiger charge is 2.05. The zero-order valence-electron chi connectivity index (χ0n) is 13.4. The molecule has 0 heterocycles. The summed E-state index contributed by atoms with van der Waals surface area (Å²) in [5.74, 6) is 1.61. The van der Waals surface area contributed by atoms with Gasteiger partial charge < -0.3 is 20.5 Å². The smallest absolute Gasteiger partial charge is 0.193 e. The van der Waals surface area contributed by atoms with E-state index >= 15 is 0 Å². The fourth-order valence-electron chi connectivity index (χ4n) is 1.94. The summed E-state index contributed by atoms with van der Waals surface area (Å²) >= 11 is 11.9. The van der Waals surface area contributed by atoms with E-state index in [4.69, 9.17) is 38.4 Å². The van der Waals surface area contributed by atoms with Crippen molar-refractivity contribution >= 4 is 34.8 Å². The molecule has 5 nitrogen and oxygen atoms in total. The number of halogens is 2. The number of guanidine groups is 1. The molecule has 0 aliphatic rings. The molecule has 0 saturated carbocycles. The van der Waals surface area contributed by atoms with Gasteiger partial charge in [0.25, 0.3) is 0 Å². The van der Waals surface area contributed by atoms with Crippen molar-refractivity contribution in [1.29, 1.82) is 0 Å². The Morgan fingerprint density at radius 2 is 1.92 bits per heavy atom. The number of nitrogens with zero attached hydrogens (tertiary/aromatic N) is 1. The lowest BCUT2D eigenvalue weighted by molar-refractivity contribution is 0.230. The molecule has 0 saturated heterocycles. The predicted octanol–water partition coefficient (Wildman–Crippen LogP) is 4.20. The van der Waals surface area contributed by atoms with Crippen LogP contribution in [0.4, 0.5) is 5.69 Å². The molecule has 24 heavy (non-hydrogen) atoms. The molecule has 2 rings (SSSR count). The molecule has 128 valence electrons. The second-order valence-electron chi connectivity index (χ2n) is 5.08. The normalized spacial score (nSPS) is 12.6. The second kappa shape index (κ2) is 8.66. The number of hydrogen-bond acceptors (Lipinski definition) is 3. The van der Waals surface area contributed by atoms with Crippen molar-refractivity contribution in [1.82, 2.24) is 0 Å². The first-order chi connectivity index (χ1) is 11.5. The van der Waals surface area contributed by atoms with Crippen LogP contribution in [-0.2, 0) is 0 Å². The summed E-state index contributed by atoms with van der Waals surface area (Å²) in [6.07, 6.45) is -0.133. The molecular formula is C17H19Cl2N3O2. The van der Waals surface area contributed by atoms with E-state index in [9.17, 15) is 0 Å². The predicted molar refractivity (Wildman–Crippen MR) is 99.7 cm³/mol. The van der Waals surface area contributed by atoms with E-state index in [1.54, 1.807) is 37.4 Å². The summed E-state index contributed by atoms with van der Waals surface area (Å²) in [5.41, 5.74) is 6.61. The van der Waals surface area contributed by atoms with Gasteiger partial charge in [0.05, 0.1) is 18.7 Å². The third kappa shape index (κ3) is 5.51. The van der Waals surface area contributed by atoms with E-state index < -0.39 is 0 Å². The molecule has 1 atom stereocenters. The van der Waals surface area contributed by atoms with Crippen molar-refractivity contribution in [3.8, 4) is 11.5 Å². The summed E-state index contributed by atoms with van der Waals surface area (Å²) in [4.78, 5) is 4.26.